The zero-order valence-corrected chi connectivity index (χ0v) is 29.6. The third-order valence-electron chi connectivity index (χ3n) is 10.9. The highest BCUT2D eigenvalue weighted by atomic mass is 15.0. The molecule has 0 atom stereocenters. The van der Waals surface area contributed by atoms with Gasteiger partial charge in [-0.05, 0) is 76.3 Å². The second kappa shape index (κ2) is 11.9. The number of hydrogen-bond acceptors (Lipinski definition) is 3. The highest BCUT2D eigenvalue weighted by Crippen LogP contribution is 2.48. The van der Waals surface area contributed by atoms with E-state index in [1.807, 2.05) is 60.7 Å². The average molecular weight is 661 g/mol. The summed E-state index contributed by atoms with van der Waals surface area (Å²) in [7, 11) is 0. The Balaban J connectivity index is 1.09. The van der Waals surface area contributed by atoms with Crippen molar-refractivity contribution in [2.75, 3.05) is 0 Å². The van der Waals surface area contributed by atoms with Gasteiger partial charge in [0.2, 0.25) is 0 Å². The fourth-order valence-electron chi connectivity index (χ4n) is 7.86. The lowest BCUT2D eigenvalue weighted by atomic mass is 9.63. The monoisotopic (exact) mass is 660 g/mol. The van der Waals surface area contributed by atoms with E-state index in [0.29, 0.717) is 17.5 Å². The minimum atomic E-state index is 0.143. The van der Waals surface area contributed by atoms with Crippen molar-refractivity contribution in [2.24, 2.45) is 0 Å². The molecule has 51 heavy (non-hydrogen) atoms. The van der Waals surface area contributed by atoms with Crippen molar-refractivity contribution < 1.29 is 0 Å². The molecule has 0 radical (unpaired) electrons. The van der Waals surface area contributed by atoms with Gasteiger partial charge in [0.15, 0.2) is 17.5 Å². The molecule has 0 N–H and O–H groups in total. The fraction of sp³-hybridized carbons (Fsp3) is 0.170. The first-order chi connectivity index (χ1) is 24.7. The Morgan fingerprint density at radius 1 is 0.412 bits per heavy atom. The number of rotatable bonds is 5. The summed E-state index contributed by atoms with van der Waals surface area (Å²) in [6, 6.07) is 51.6. The Morgan fingerprint density at radius 3 is 1.39 bits per heavy atom. The summed E-state index contributed by atoms with van der Waals surface area (Å²) in [5.41, 5.74) is 12.2. The van der Waals surface area contributed by atoms with Crippen molar-refractivity contribution >= 4 is 21.8 Å². The highest BCUT2D eigenvalue weighted by Gasteiger charge is 2.37. The van der Waals surface area contributed by atoms with Crippen molar-refractivity contribution in [3.63, 3.8) is 0 Å². The molecule has 4 heteroatoms. The number of fused-ring (bicyclic) bond motifs is 4. The maximum absolute atomic E-state index is 4.91. The van der Waals surface area contributed by atoms with E-state index in [-0.39, 0.29) is 10.8 Å². The highest BCUT2D eigenvalue weighted by molar-refractivity contribution is 6.10. The van der Waals surface area contributed by atoms with Crippen LogP contribution in [0.4, 0.5) is 0 Å². The van der Waals surface area contributed by atoms with Crippen LogP contribution in [0.2, 0.25) is 0 Å². The summed E-state index contributed by atoms with van der Waals surface area (Å²) in [6.45, 7) is 9.63. The van der Waals surface area contributed by atoms with Gasteiger partial charge in [0.25, 0.3) is 0 Å². The zero-order valence-electron chi connectivity index (χ0n) is 29.6. The maximum Gasteiger partial charge on any atom is 0.164 e. The molecular weight excluding hydrogens is 621 g/mol. The molecule has 1 aliphatic carbocycles. The van der Waals surface area contributed by atoms with Gasteiger partial charge in [-0.25, -0.2) is 15.0 Å². The Kier molecular flexibility index (Phi) is 7.25. The van der Waals surface area contributed by atoms with E-state index in [4.69, 9.17) is 15.0 Å². The lowest BCUT2D eigenvalue weighted by molar-refractivity contribution is 0.332. The number of nitrogens with zero attached hydrogens (tertiary/aromatic N) is 4. The molecule has 2 aromatic heterocycles. The first-order valence-electron chi connectivity index (χ1n) is 17.9. The second-order valence-electron chi connectivity index (χ2n) is 15.2. The Labute approximate surface area is 299 Å². The van der Waals surface area contributed by atoms with E-state index in [2.05, 4.69) is 117 Å². The van der Waals surface area contributed by atoms with Gasteiger partial charge >= 0.3 is 0 Å². The molecule has 9 rings (SSSR count). The molecule has 1 aliphatic rings. The van der Waals surface area contributed by atoms with Crippen molar-refractivity contribution in [1.29, 1.82) is 0 Å². The minimum absolute atomic E-state index is 0.143. The van der Waals surface area contributed by atoms with Crippen molar-refractivity contribution in [3.8, 4) is 51.0 Å². The van der Waals surface area contributed by atoms with Gasteiger partial charge in [-0.2, -0.15) is 0 Å². The van der Waals surface area contributed by atoms with E-state index >= 15 is 0 Å². The van der Waals surface area contributed by atoms with Crippen molar-refractivity contribution in [3.05, 3.63) is 157 Å². The van der Waals surface area contributed by atoms with Crippen LogP contribution < -0.4 is 0 Å². The SMILES string of the molecule is CC1(C)CCC(C)(C)c2cc3c(cc21)c1ccccc1n3-c1ccc(-c2ccc(-c3nc(-c4ccccc4)nc(-c4ccccc4)n3)cc2)cc1. The van der Waals surface area contributed by atoms with Crippen molar-refractivity contribution in [1.82, 2.24) is 19.5 Å². The lowest BCUT2D eigenvalue weighted by Crippen LogP contribution is -2.33. The Morgan fingerprint density at radius 2 is 0.843 bits per heavy atom. The topological polar surface area (TPSA) is 43.6 Å². The van der Waals surface area contributed by atoms with E-state index in [0.717, 1.165) is 27.8 Å². The first-order valence-corrected chi connectivity index (χ1v) is 17.9. The van der Waals surface area contributed by atoms with E-state index < -0.39 is 0 Å². The third-order valence-corrected chi connectivity index (χ3v) is 10.9. The zero-order chi connectivity index (χ0) is 34.7. The van der Waals surface area contributed by atoms with E-state index in [9.17, 15) is 0 Å². The summed E-state index contributed by atoms with van der Waals surface area (Å²) >= 11 is 0. The second-order valence-corrected chi connectivity index (χ2v) is 15.2. The summed E-state index contributed by atoms with van der Waals surface area (Å²) < 4.78 is 2.45. The summed E-state index contributed by atoms with van der Waals surface area (Å²) in [4.78, 5) is 14.7. The largest absolute Gasteiger partial charge is 0.309 e. The molecule has 8 aromatic rings. The Bertz CT molecular complexity index is 2490. The van der Waals surface area contributed by atoms with Crippen LogP contribution in [0.3, 0.4) is 0 Å². The summed E-state index contributed by atoms with van der Waals surface area (Å²) in [5, 5.41) is 2.64. The smallest absolute Gasteiger partial charge is 0.164 e. The molecule has 6 aromatic carbocycles. The molecule has 0 saturated heterocycles. The minimum Gasteiger partial charge on any atom is -0.309 e. The fourth-order valence-corrected chi connectivity index (χ4v) is 7.86. The van der Waals surface area contributed by atoms with Crippen LogP contribution in [0.1, 0.15) is 51.7 Å². The average Bonchev–Trinajstić information content (AvgIpc) is 3.50. The van der Waals surface area contributed by atoms with Crippen LogP contribution >= 0.6 is 0 Å². The number of aromatic nitrogens is 4. The van der Waals surface area contributed by atoms with Crippen LogP contribution in [0, 0.1) is 0 Å². The van der Waals surface area contributed by atoms with Crippen molar-refractivity contribution in [2.45, 2.75) is 51.4 Å². The molecule has 0 amide bonds. The quantitative estimate of drug-likeness (QED) is 0.184. The van der Waals surface area contributed by atoms with E-state index in [1.54, 1.807) is 0 Å². The molecule has 248 valence electrons. The van der Waals surface area contributed by atoms with Crippen LogP contribution in [0.5, 0.6) is 0 Å². The summed E-state index contributed by atoms with van der Waals surface area (Å²) in [5.74, 6) is 1.98. The standard InChI is InChI=1S/C47H40N4/c1-46(2)27-28-47(3,4)40-30-42-38(29-39(40)46)37-17-11-12-18-41(37)51(42)36-25-23-32(24-26-36)31-19-21-35(22-20-31)45-49-43(33-13-7-5-8-14-33)48-44(50-45)34-15-9-6-10-16-34/h5-26,29-30H,27-28H2,1-4H3. The molecule has 0 bridgehead atoms. The van der Waals surface area contributed by atoms with Gasteiger partial charge in [-0.15, -0.1) is 0 Å². The normalized spacial score (nSPS) is 14.8. The van der Waals surface area contributed by atoms with Gasteiger partial charge in [0.1, 0.15) is 0 Å². The maximum atomic E-state index is 4.91. The molecule has 0 fully saturated rings. The number of para-hydroxylation sites is 1. The molecular formula is C47H40N4. The molecule has 2 heterocycles. The van der Waals surface area contributed by atoms with Crippen LogP contribution in [0.25, 0.3) is 72.8 Å². The molecule has 0 saturated carbocycles. The molecule has 0 unspecified atom stereocenters. The van der Waals surface area contributed by atoms with Crippen LogP contribution in [-0.4, -0.2) is 19.5 Å². The van der Waals surface area contributed by atoms with Crippen LogP contribution in [-0.2, 0) is 10.8 Å². The predicted molar refractivity (Wildman–Crippen MR) is 211 cm³/mol. The van der Waals surface area contributed by atoms with Gasteiger partial charge in [-0.3, -0.25) is 0 Å². The number of benzene rings is 6. The van der Waals surface area contributed by atoms with Gasteiger partial charge in [0.05, 0.1) is 11.0 Å². The van der Waals surface area contributed by atoms with Gasteiger partial charge < -0.3 is 4.57 Å². The molecule has 0 aliphatic heterocycles. The van der Waals surface area contributed by atoms with E-state index in [1.165, 1.54) is 51.5 Å². The molecule has 4 nitrogen and oxygen atoms in total. The first kappa shape index (κ1) is 31.1. The number of hydrogen-bond donors (Lipinski definition) is 0. The third kappa shape index (κ3) is 5.43. The van der Waals surface area contributed by atoms with Gasteiger partial charge in [0, 0.05) is 33.2 Å². The molecule has 0 spiro atoms. The lowest BCUT2D eigenvalue weighted by Gasteiger charge is -2.42. The predicted octanol–water partition coefficient (Wildman–Crippen LogP) is 12.0. The summed E-state index contributed by atoms with van der Waals surface area (Å²) in [6.07, 6.45) is 2.40. The van der Waals surface area contributed by atoms with Crippen LogP contribution in [0.15, 0.2) is 146 Å². The Hall–Kier alpha value is -5.87. The van der Waals surface area contributed by atoms with Gasteiger partial charge in [-0.1, -0.05) is 143 Å².